The van der Waals surface area contributed by atoms with E-state index in [2.05, 4.69) is 15.4 Å². The summed E-state index contributed by atoms with van der Waals surface area (Å²) >= 11 is 0. The molecule has 0 spiro atoms. The first kappa shape index (κ1) is 22.1. The highest BCUT2D eigenvalue weighted by Gasteiger charge is 2.11. The van der Waals surface area contributed by atoms with Crippen LogP contribution in [-0.4, -0.2) is 45.5 Å². The lowest BCUT2D eigenvalue weighted by Crippen LogP contribution is -2.31. The minimum atomic E-state index is -0.261. The summed E-state index contributed by atoms with van der Waals surface area (Å²) in [6.45, 7) is 3.05. The van der Waals surface area contributed by atoms with Crippen molar-refractivity contribution in [3.05, 3.63) is 82.5 Å². The van der Waals surface area contributed by atoms with E-state index in [1.807, 2.05) is 31.2 Å². The Hall–Kier alpha value is -4.14. The number of ether oxygens (including phenoxy) is 2. The fourth-order valence-corrected chi connectivity index (χ4v) is 3.36. The van der Waals surface area contributed by atoms with Gasteiger partial charge in [-0.25, -0.2) is 9.67 Å². The highest BCUT2D eigenvalue weighted by atomic mass is 16.5. The molecule has 4 aromatic rings. The summed E-state index contributed by atoms with van der Waals surface area (Å²) in [5.41, 5.74) is 2.53. The van der Waals surface area contributed by atoms with Crippen LogP contribution >= 0.6 is 0 Å². The molecule has 2 aromatic heterocycles. The maximum Gasteiger partial charge on any atom is 0.264 e. The number of aromatic nitrogens is 4. The van der Waals surface area contributed by atoms with Crippen LogP contribution in [0.1, 0.15) is 11.1 Å². The van der Waals surface area contributed by atoms with Crippen molar-refractivity contribution in [3.63, 3.8) is 0 Å². The standard InChI is InChI=1S/C24H25N5O4/c1-17-6-8-18(9-7-17)14-28-16-26-23-21(24(28)31)13-27-29(23)11-10-25-22(30)15-33-20-5-3-4-19(12-20)32-2/h3-9,12-13,16H,10-11,14-15H2,1-2H3,(H,25,30). The Morgan fingerprint density at radius 2 is 1.91 bits per heavy atom. The van der Waals surface area contributed by atoms with E-state index in [-0.39, 0.29) is 18.1 Å². The third-order valence-electron chi connectivity index (χ3n) is 5.15. The van der Waals surface area contributed by atoms with Crippen LogP contribution in [0.2, 0.25) is 0 Å². The first-order valence-corrected chi connectivity index (χ1v) is 10.5. The van der Waals surface area contributed by atoms with Crippen LogP contribution in [0.3, 0.4) is 0 Å². The molecule has 0 saturated heterocycles. The van der Waals surface area contributed by atoms with Crippen molar-refractivity contribution in [3.8, 4) is 11.5 Å². The van der Waals surface area contributed by atoms with E-state index in [1.54, 1.807) is 40.6 Å². The average Bonchev–Trinajstić information content (AvgIpc) is 3.25. The lowest BCUT2D eigenvalue weighted by molar-refractivity contribution is -0.123. The predicted molar refractivity (Wildman–Crippen MR) is 124 cm³/mol. The zero-order chi connectivity index (χ0) is 23.2. The Kier molecular flexibility index (Phi) is 6.68. The zero-order valence-corrected chi connectivity index (χ0v) is 18.5. The van der Waals surface area contributed by atoms with Crippen molar-refractivity contribution in [1.82, 2.24) is 24.6 Å². The fourth-order valence-electron chi connectivity index (χ4n) is 3.36. The second kappa shape index (κ2) is 9.99. The van der Waals surface area contributed by atoms with Gasteiger partial charge in [0.1, 0.15) is 23.2 Å². The van der Waals surface area contributed by atoms with Gasteiger partial charge in [-0.3, -0.25) is 14.2 Å². The molecule has 9 nitrogen and oxygen atoms in total. The quantitative estimate of drug-likeness (QED) is 0.422. The summed E-state index contributed by atoms with van der Waals surface area (Å²) < 4.78 is 13.8. The van der Waals surface area contributed by atoms with Gasteiger partial charge in [-0.1, -0.05) is 35.9 Å². The molecule has 33 heavy (non-hydrogen) atoms. The fraction of sp³-hybridized carbons (Fsp3) is 0.250. The summed E-state index contributed by atoms with van der Waals surface area (Å²) in [4.78, 5) is 29.3. The molecule has 0 aliphatic carbocycles. The summed E-state index contributed by atoms with van der Waals surface area (Å²) in [6.07, 6.45) is 3.05. The topological polar surface area (TPSA) is 100 Å². The minimum absolute atomic E-state index is 0.116. The van der Waals surface area contributed by atoms with Gasteiger partial charge in [-0.15, -0.1) is 0 Å². The van der Waals surface area contributed by atoms with Crippen LogP contribution < -0.4 is 20.3 Å². The van der Waals surface area contributed by atoms with E-state index in [1.165, 1.54) is 18.1 Å². The van der Waals surface area contributed by atoms with Crippen molar-refractivity contribution >= 4 is 16.9 Å². The molecule has 9 heteroatoms. The van der Waals surface area contributed by atoms with Gasteiger partial charge in [0.05, 0.1) is 26.4 Å². The van der Waals surface area contributed by atoms with Gasteiger partial charge < -0.3 is 14.8 Å². The number of carbonyl (C=O) groups excluding carboxylic acids is 1. The second-order valence-electron chi connectivity index (χ2n) is 7.59. The maximum atomic E-state index is 12.8. The smallest absolute Gasteiger partial charge is 0.264 e. The van der Waals surface area contributed by atoms with Crippen LogP contribution in [0.5, 0.6) is 11.5 Å². The van der Waals surface area contributed by atoms with Crippen LogP contribution in [-0.2, 0) is 17.9 Å². The molecule has 1 N–H and O–H groups in total. The number of nitrogens with zero attached hydrogens (tertiary/aromatic N) is 4. The summed E-state index contributed by atoms with van der Waals surface area (Å²) in [6, 6.07) is 15.1. The molecule has 170 valence electrons. The first-order chi connectivity index (χ1) is 16.0. The van der Waals surface area contributed by atoms with Crippen molar-refractivity contribution in [2.45, 2.75) is 20.0 Å². The molecule has 0 radical (unpaired) electrons. The summed E-state index contributed by atoms with van der Waals surface area (Å²) in [5.74, 6) is 0.945. The number of aryl methyl sites for hydroxylation is 1. The van der Waals surface area contributed by atoms with Gasteiger partial charge in [0.2, 0.25) is 0 Å². The van der Waals surface area contributed by atoms with Crippen molar-refractivity contribution in [1.29, 1.82) is 0 Å². The lowest BCUT2D eigenvalue weighted by atomic mass is 10.1. The van der Waals surface area contributed by atoms with Gasteiger partial charge in [0, 0.05) is 12.6 Å². The normalized spacial score (nSPS) is 10.8. The number of methoxy groups -OCH3 is 1. The largest absolute Gasteiger partial charge is 0.497 e. The molecule has 0 aliphatic rings. The molecule has 0 unspecified atom stereocenters. The van der Waals surface area contributed by atoms with E-state index >= 15 is 0 Å². The Balaban J connectivity index is 1.33. The molecule has 0 bridgehead atoms. The van der Waals surface area contributed by atoms with Crippen LogP contribution in [0.4, 0.5) is 0 Å². The number of rotatable bonds is 9. The molecule has 0 atom stereocenters. The highest BCUT2D eigenvalue weighted by Crippen LogP contribution is 2.18. The maximum absolute atomic E-state index is 12.8. The number of amides is 1. The molecule has 0 aliphatic heterocycles. The highest BCUT2D eigenvalue weighted by molar-refractivity contribution is 5.77. The van der Waals surface area contributed by atoms with Crippen molar-refractivity contribution in [2.75, 3.05) is 20.3 Å². The third kappa shape index (κ3) is 5.38. The van der Waals surface area contributed by atoms with E-state index < -0.39 is 0 Å². The molecule has 1 amide bonds. The molecular formula is C24H25N5O4. The predicted octanol–water partition coefficient (Wildman–Crippen LogP) is 2.15. The monoisotopic (exact) mass is 447 g/mol. The van der Waals surface area contributed by atoms with Gasteiger partial charge in [0.15, 0.2) is 12.3 Å². The number of hydrogen-bond acceptors (Lipinski definition) is 6. The Morgan fingerprint density at radius 1 is 1.12 bits per heavy atom. The number of carbonyl (C=O) groups is 1. The second-order valence-corrected chi connectivity index (χ2v) is 7.59. The summed E-state index contributed by atoms with van der Waals surface area (Å²) in [5, 5.41) is 7.49. The van der Waals surface area contributed by atoms with Gasteiger partial charge >= 0.3 is 0 Å². The first-order valence-electron chi connectivity index (χ1n) is 10.5. The molecule has 2 aromatic carbocycles. The van der Waals surface area contributed by atoms with Crippen LogP contribution in [0.15, 0.2) is 65.8 Å². The van der Waals surface area contributed by atoms with Crippen LogP contribution in [0, 0.1) is 6.92 Å². The SMILES string of the molecule is COc1cccc(OCC(=O)NCCn2ncc3c(=O)n(Cc4ccc(C)cc4)cnc32)c1. The molecule has 4 rings (SSSR count). The van der Waals surface area contributed by atoms with Gasteiger partial charge in [-0.05, 0) is 24.6 Å². The zero-order valence-electron chi connectivity index (χ0n) is 18.5. The minimum Gasteiger partial charge on any atom is -0.497 e. The Bertz CT molecular complexity index is 1310. The van der Waals surface area contributed by atoms with Crippen molar-refractivity contribution in [2.24, 2.45) is 0 Å². The van der Waals surface area contributed by atoms with E-state index in [0.717, 1.165) is 5.56 Å². The number of fused-ring (bicyclic) bond motifs is 1. The lowest BCUT2D eigenvalue weighted by Gasteiger charge is -2.09. The molecule has 0 fully saturated rings. The van der Waals surface area contributed by atoms with Crippen LogP contribution in [0.25, 0.3) is 11.0 Å². The average molecular weight is 447 g/mol. The molecule has 0 saturated carbocycles. The van der Waals surface area contributed by atoms with E-state index in [9.17, 15) is 9.59 Å². The molecular weight excluding hydrogens is 422 g/mol. The number of benzene rings is 2. The number of hydrogen-bond donors (Lipinski definition) is 1. The van der Waals surface area contributed by atoms with Gasteiger partial charge in [-0.2, -0.15) is 5.10 Å². The molecule has 2 heterocycles. The Labute approximate surface area is 190 Å². The van der Waals surface area contributed by atoms with E-state index in [0.29, 0.717) is 42.2 Å². The summed E-state index contributed by atoms with van der Waals surface area (Å²) in [7, 11) is 1.57. The number of nitrogens with one attached hydrogen (secondary N) is 1. The Morgan fingerprint density at radius 3 is 2.70 bits per heavy atom. The van der Waals surface area contributed by atoms with E-state index in [4.69, 9.17) is 9.47 Å². The van der Waals surface area contributed by atoms with Gasteiger partial charge in [0.25, 0.3) is 11.5 Å². The third-order valence-corrected chi connectivity index (χ3v) is 5.15. The van der Waals surface area contributed by atoms with Crippen molar-refractivity contribution < 1.29 is 14.3 Å².